The topological polar surface area (TPSA) is 83.5 Å². The van der Waals surface area contributed by atoms with E-state index in [4.69, 9.17) is 5.11 Å². The van der Waals surface area contributed by atoms with Gasteiger partial charge in [0.25, 0.3) is 5.91 Å². The molecule has 0 atom stereocenters. The second-order valence-corrected chi connectivity index (χ2v) is 4.95. The van der Waals surface area contributed by atoms with Gasteiger partial charge in [-0.05, 0) is 31.9 Å². The molecule has 0 fully saturated rings. The molecule has 0 aliphatic rings. The first-order valence-corrected chi connectivity index (χ1v) is 7.11. The molecular weight excluding hydrogens is 270 g/mol. The zero-order valence-corrected chi connectivity index (χ0v) is 12.2. The van der Waals surface area contributed by atoms with Crippen molar-refractivity contribution in [2.24, 2.45) is 0 Å². The molecule has 1 amide bonds. The molecule has 1 aromatic rings. The zero-order chi connectivity index (χ0) is 15.7. The molecule has 1 rings (SSSR count). The fraction of sp³-hybridized carbons (Fsp3) is 0.438. The van der Waals surface area contributed by atoms with Crippen molar-refractivity contribution < 1.29 is 19.5 Å². The Morgan fingerprint density at radius 1 is 0.952 bits per heavy atom. The van der Waals surface area contributed by atoms with Gasteiger partial charge in [-0.15, -0.1) is 0 Å². The van der Waals surface area contributed by atoms with Crippen LogP contribution in [0.5, 0.6) is 0 Å². The number of rotatable bonds is 9. The molecule has 0 radical (unpaired) electrons. The fourth-order valence-corrected chi connectivity index (χ4v) is 1.92. The molecule has 2 N–H and O–H groups in total. The summed E-state index contributed by atoms with van der Waals surface area (Å²) in [7, 11) is 0. The van der Waals surface area contributed by atoms with Gasteiger partial charge >= 0.3 is 5.97 Å². The van der Waals surface area contributed by atoms with Crippen molar-refractivity contribution in [3.8, 4) is 0 Å². The van der Waals surface area contributed by atoms with Crippen LogP contribution in [0.1, 0.15) is 59.7 Å². The Balaban J connectivity index is 2.21. The first kappa shape index (κ1) is 16.9. The van der Waals surface area contributed by atoms with E-state index in [1.54, 1.807) is 24.3 Å². The average Bonchev–Trinajstić information content (AvgIpc) is 2.45. The highest BCUT2D eigenvalue weighted by atomic mass is 16.4. The predicted molar refractivity (Wildman–Crippen MR) is 79.5 cm³/mol. The Hall–Kier alpha value is -2.17. The Morgan fingerprint density at radius 2 is 1.52 bits per heavy atom. The number of aliphatic carboxylic acids is 1. The molecule has 0 bridgehead atoms. The van der Waals surface area contributed by atoms with Crippen molar-refractivity contribution in [2.75, 3.05) is 6.54 Å². The molecule has 0 aromatic heterocycles. The number of unbranched alkanes of at least 4 members (excludes halogenated alkanes) is 3. The minimum atomic E-state index is -0.766. The number of Topliss-reactive ketones (excluding diaryl/α,β-unsaturated/α-hetero) is 1. The van der Waals surface area contributed by atoms with Crippen LogP contribution in [0.2, 0.25) is 0 Å². The van der Waals surface area contributed by atoms with Gasteiger partial charge in [0.2, 0.25) is 0 Å². The maximum absolute atomic E-state index is 11.8. The quantitative estimate of drug-likeness (QED) is 0.541. The highest BCUT2D eigenvalue weighted by Gasteiger charge is 2.06. The molecule has 21 heavy (non-hydrogen) atoms. The summed E-state index contributed by atoms with van der Waals surface area (Å²) < 4.78 is 0. The van der Waals surface area contributed by atoms with Gasteiger partial charge in [0.15, 0.2) is 5.78 Å². The summed E-state index contributed by atoms with van der Waals surface area (Å²) in [5, 5.41) is 11.3. The summed E-state index contributed by atoms with van der Waals surface area (Å²) in [5.41, 5.74) is 1.12. The molecule has 114 valence electrons. The normalized spacial score (nSPS) is 10.1. The van der Waals surface area contributed by atoms with Crippen LogP contribution in [-0.4, -0.2) is 29.3 Å². The van der Waals surface area contributed by atoms with Crippen molar-refractivity contribution in [3.05, 3.63) is 35.4 Å². The van der Waals surface area contributed by atoms with Crippen molar-refractivity contribution in [3.63, 3.8) is 0 Å². The van der Waals surface area contributed by atoms with E-state index >= 15 is 0 Å². The summed E-state index contributed by atoms with van der Waals surface area (Å²) in [5.74, 6) is -0.948. The lowest BCUT2D eigenvalue weighted by Gasteiger charge is -2.05. The minimum Gasteiger partial charge on any atom is -0.481 e. The highest BCUT2D eigenvalue weighted by Crippen LogP contribution is 2.06. The van der Waals surface area contributed by atoms with Crippen molar-refractivity contribution >= 4 is 17.7 Å². The van der Waals surface area contributed by atoms with Crippen LogP contribution in [0.3, 0.4) is 0 Å². The number of carbonyl (C=O) groups is 3. The van der Waals surface area contributed by atoms with Gasteiger partial charge in [-0.1, -0.05) is 25.0 Å². The highest BCUT2D eigenvalue weighted by molar-refractivity contribution is 5.97. The van der Waals surface area contributed by atoms with E-state index in [0.717, 1.165) is 19.3 Å². The number of benzene rings is 1. The third kappa shape index (κ3) is 6.70. The summed E-state index contributed by atoms with van der Waals surface area (Å²) in [6.45, 7) is 2.06. The number of ketones is 1. The van der Waals surface area contributed by atoms with E-state index in [-0.39, 0.29) is 18.1 Å². The summed E-state index contributed by atoms with van der Waals surface area (Å²) >= 11 is 0. The number of hydrogen-bond acceptors (Lipinski definition) is 3. The lowest BCUT2D eigenvalue weighted by Crippen LogP contribution is -2.24. The molecule has 0 unspecified atom stereocenters. The van der Waals surface area contributed by atoms with Crippen LogP contribution in [0.4, 0.5) is 0 Å². The third-order valence-corrected chi connectivity index (χ3v) is 3.16. The number of carboxylic acids is 1. The van der Waals surface area contributed by atoms with E-state index in [2.05, 4.69) is 5.32 Å². The van der Waals surface area contributed by atoms with E-state index < -0.39 is 5.97 Å². The molecule has 0 saturated carbocycles. The van der Waals surface area contributed by atoms with Gasteiger partial charge in [-0.25, -0.2) is 0 Å². The Kier molecular flexibility index (Phi) is 7.15. The van der Waals surface area contributed by atoms with Crippen LogP contribution >= 0.6 is 0 Å². The predicted octanol–water partition coefficient (Wildman–Crippen LogP) is 2.65. The fourth-order valence-electron chi connectivity index (χ4n) is 1.92. The molecule has 0 heterocycles. The standard InChI is InChI=1S/C16H21NO4/c1-12(18)13-7-9-14(10-8-13)16(21)17-11-5-3-2-4-6-15(19)20/h7-10H,2-6,11H2,1H3,(H,17,21)(H,19,20). The summed E-state index contributed by atoms with van der Waals surface area (Å²) in [6, 6.07) is 6.56. The number of nitrogens with one attached hydrogen (secondary N) is 1. The van der Waals surface area contributed by atoms with E-state index in [1.807, 2.05) is 0 Å². The molecule has 0 aliphatic heterocycles. The first-order chi connectivity index (χ1) is 10.0. The zero-order valence-electron chi connectivity index (χ0n) is 12.2. The van der Waals surface area contributed by atoms with Crippen molar-refractivity contribution in [2.45, 2.75) is 39.0 Å². The minimum absolute atomic E-state index is 0.0247. The first-order valence-electron chi connectivity index (χ1n) is 7.11. The van der Waals surface area contributed by atoms with E-state index in [1.165, 1.54) is 6.92 Å². The van der Waals surface area contributed by atoms with Gasteiger partial charge in [0.05, 0.1) is 0 Å². The van der Waals surface area contributed by atoms with Gasteiger partial charge in [-0.3, -0.25) is 14.4 Å². The number of amides is 1. The second kappa shape index (κ2) is 8.89. The van der Waals surface area contributed by atoms with Crippen molar-refractivity contribution in [1.29, 1.82) is 0 Å². The monoisotopic (exact) mass is 291 g/mol. The molecule has 0 saturated heterocycles. The van der Waals surface area contributed by atoms with Crippen LogP contribution < -0.4 is 5.32 Å². The lowest BCUT2D eigenvalue weighted by molar-refractivity contribution is -0.137. The molecular formula is C16H21NO4. The number of carboxylic acid groups (broad SMARTS) is 1. The van der Waals surface area contributed by atoms with Crippen molar-refractivity contribution in [1.82, 2.24) is 5.32 Å². The molecule has 5 nitrogen and oxygen atoms in total. The smallest absolute Gasteiger partial charge is 0.303 e. The van der Waals surface area contributed by atoms with Gasteiger partial charge < -0.3 is 10.4 Å². The molecule has 0 aliphatic carbocycles. The van der Waals surface area contributed by atoms with Crippen LogP contribution in [0.25, 0.3) is 0 Å². The van der Waals surface area contributed by atoms with E-state index in [9.17, 15) is 14.4 Å². The van der Waals surface area contributed by atoms with Gasteiger partial charge in [0.1, 0.15) is 0 Å². The van der Waals surface area contributed by atoms with E-state index in [0.29, 0.717) is 24.1 Å². The second-order valence-electron chi connectivity index (χ2n) is 4.95. The molecule has 1 aromatic carbocycles. The maximum Gasteiger partial charge on any atom is 0.303 e. The lowest BCUT2D eigenvalue weighted by atomic mass is 10.1. The average molecular weight is 291 g/mol. The van der Waals surface area contributed by atoms with Crippen LogP contribution in [0.15, 0.2) is 24.3 Å². The number of carbonyl (C=O) groups excluding carboxylic acids is 2. The van der Waals surface area contributed by atoms with Gasteiger partial charge in [0, 0.05) is 24.1 Å². The SMILES string of the molecule is CC(=O)c1ccc(C(=O)NCCCCCCC(=O)O)cc1. The van der Waals surface area contributed by atoms with Gasteiger partial charge in [-0.2, -0.15) is 0 Å². The molecule has 5 heteroatoms. The van der Waals surface area contributed by atoms with Crippen LogP contribution in [0, 0.1) is 0 Å². The Bertz CT molecular complexity index is 494. The largest absolute Gasteiger partial charge is 0.481 e. The summed E-state index contributed by atoms with van der Waals surface area (Å²) in [6.07, 6.45) is 3.47. The third-order valence-electron chi connectivity index (χ3n) is 3.16. The Labute approximate surface area is 124 Å². The number of hydrogen-bond donors (Lipinski definition) is 2. The van der Waals surface area contributed by atoms with Crippen LogP contribution in [-0.2, 0) is 4.79 Å². The Morgan fingerprint density at radius 3 is 2.10 bits per heavy atom. The summed E-state index contributed by atoms with van der Waals surface area (Å²) in [4.78, 5) is 33.3. The molecule has 0 spiro atoms. The maximum atomic E-state index is 11.8.